The molecule has 0 amide bonds. The van der Waals surface area contributed by atoms with Crippen molar-refractivity contribution < 1.29 is 9.47 Å². The molecule has 3 heterocycles. The molecule has 4 nitrogen and oxygen atoms in total. The van der Waals surface area contributed by atoms with Gasteiger partial charge in [-0.15, -0.1) is 0 Å². The van der Waals surface area contributed by atoms with Crippen LogP contribution in [-0.4, -0.2) is 22.7 Å². The molecule has 1 aromatic heterocycles. The molecule has 0 N–H and O–H groups in total. The van der Waals surface area contributed by atoms with Crippen molar-refractivity contribution in [2.45, 2.75) is 58.2 Å². The van der Waals surface area contributed by atoms with Gasteiger partial charge in [0, 0.05) is 36.7 Å². The number of benzene rings is 1. The van der Waals surface area contributed by atoms with E-state index in [0.29, 0.717) is 0 Å². The van der Waals surface area contributed by atoms with Gasteiger partial charge in [0.15, 0.2) is 6.29 Å². The Bertz CT molecular complexity index is 755. The minimum absolute atomic E-state index is 0.289. The number of hydrogen-bond donors (Lipinski definition) is 0. The van der Waals surface area contributed by atoms with Gasteiger partial charge in [0.25, 0.3) is 0 Å². The van der Waals surface area contributed by atoms with Crippen molar-refractivity contribution in [1.29, 1.82) is 0 Å². The minimum Gasteiger partial charge on any atom is -0.367 e. The van der Waals surface area contributed by atoms with Gasteiger partial charge in [-0.05, 0) is 63.4 Å². The molecule has 1 fully saturated rings. The van der Waals surface area contributed by atoms with Gasteiger partial charge in [0.05, 0.1) is 11.2 Å². The smallest absolute Gasteiger partial charge is 0.185 e. The Kier molecular flexibility index (Phi) is 3.85. The molecule has 2 aliphatic rings. The molecule has 0 spiro atoms. The number of pyridine rings is 1. The van der Waals surface area contributed by atoms with Crippen LogP contribution in [0.4, 0.5) is 5.69 Å². The molecule has 4 heteroatoms. The predicted molar refractivity (Wildman–Crippen MR) is 98.5 cm³/mol. The van der Waals surface area contributed by atoms with Crippen LogP contribution < -0.4 is 4.90 Å². The number of fused-ring (bicyclic) bond motifs is 1. The average molecular weight is 338 g/mol. The maximum Gasteiger partial charge on any atom is 0.185 e. The molecular weight excluding hydrogens is 312 g/mol. The zero-order valence-corrected chi connectivity index (χ0v) is 15.5. The van der Waals surface area contributed by atoms with Gasteiger partial charge >= 0.3 is 0 Å². The number of nitrogens with zero attached hydrogens (tertiary/aromatic N) is 2. The topological polar surface area (TPSA) is 34.6 Å². The number of rotatable bonds is 3. The highest BCUT2D eigenvalue weighted by Gasteiger charge is 2.49. The normalized spacial score (nSPS) is 21.5. The largest absolute Gasteiger partial charge is 0.367 e. The van der Waals surface area contributed by atoms with Crippen molar-refractivity contribution in [3.05, 3.63) is 59.4 Å². The van der Waals surface area contributed by atoms with E-state index in [-0.39, 0.29) is 17.5 Å². The summed E-state index contributed by atoms with van der Waals surface area (Å²) in [5, 5.41) is 0. The van der Waals surface area contributed by atoms with Crippen LogP contribution in [0.3, 0.4) is 0 Å². The molecule has 132 valence electrons. The second-order valence-electron chi connectivity index (χ2n) is 8.01. The molecule has 0 atom stereocenters. The van der Waals surface area contributed by atoms with Gasteiger partial charge in [-0.3, -0.25) is 4.98 Å². The molecule has 4 rings (SSSR count). The summed E-state index contributed by atoms with van der Waals surface area (Å²) in [5.74, 6) is 0. The Morgan fingerprint density at radius 3 is 2.56 bits per heavy atom. The van der Waals surface area contributed by atoms with Crippen molar-refractivity contribution in [2.75, 3.05) is 11.4 Å². The van der Waals surface area contributed by atoms with E-state index >= 15 is 0 Å². The van der Waals surface area contributed by atoms with E-state index in [1.54, 1.807) is 0 Å². The molecule has 2 aliphatic heterocycles. The fourth-order valence-electron chi connectivity index (χ4n) is 3.49. The lowest BCUT2D eigenvalue weighted by atomic mass is 9.90. The second-order valence-corrected chi connectivity index (χ2v) is 8.01. The summed E-state index contributed by atoms with van der Waals surface area (Å²) >= 11 is 0. The standard InChI is InChI=1S/C21H26N2O2/c1-20(2)21(3,4)25-19(24-20)17-7-8-18-16(12-17)9-11-23(18)14-15-6-5-10-22-13-15/h5-8,10,12-13,19H,9,11,14H2,1-4H3. The zero-order chi connectivity index (χ0) is 17.7. The third-order valence-corrected chi connectivity index (χ3v) is 5.72. The number of aromatic nitrogens is 1. The summed E-state index contributed by atoms with van der Waals surface area (Å²) in [5.41, 5.74) is 4.43. The van der Waals surface area contributed by atoms with Crippen molar-refractivity contribution in [2.24, 2.45) is 0 Å². The fourth-order valence-corrected chi connectivity index (χ4v) is 3.49. The van der Waals surface area contributed by atoms with Gasteiger partial charge in [-0.25, -0.2) is 0 Å². The summed E-state index contributed by atoms with van der Waals surface area (Å²) in [4.78, 5) is 6.63. The Labute approximate surface area is 149 Å². The third kappa shape index (κ3) is 2.94. The van der Waals surface area contributed by atoms with Crippen LogP contribution in [0.2, 0.25) is 0 Å². The molecule has 0 saturated carbocycles. The highest BCUT2D eigenvalue weighted by Crippen LogP contribution is 2.45. The quantitative estimate of drug-likeness (QED) is 0.838. The monoisotopic (exact) mass is 338 g/mol. The molecule has 2 aromatic rings. The summed E-state index contributed by atoms with van der Waals surface area (Å²) in [6.45, 7) is 10.3. The molecule has 25 heavy (non-hydrogen) atoms. The van der Waals surface area contributed by atoms with Crippen molar-refractivity contribution in [3.63, 3.8) is 0 Å². The Morgan fingerprint density at radius 1 is 1.12 bits per heavy atom. The molecule has 0 aliphatic carbocycles. The van der Waals surface area contributed by atoms with Gasteiger partial charge in [0.1, 0.15) is 0 Å². The summed E-state index contributed by atoms with van der Waals surface area (Å²) in [7, 11) is 0. The molecule has 0 radical (unpaired) electrons. The minimum atomic E-state index is -0.303. The van der Waals surface area contributed by atoms with Crippen LogP contribution in [0.1, 0.15) is 50.7 Å². The molecule has 0 unspecified atom stereocenters. The first-order valence-electron chi connectivity index (χ1n) is 8.98. The number of ether oxygens (including phenoxy) is 2. The van der Waals surface area contributed by atoms with E-state index in [2.05, 4.69) is 61.8 Å². The first-order chi connectivity index (χ1) is 11.9. The maximum atomic E-state index is 6.19. The lowest BCUT2D eigenvalue weighted by Gasteiger charge is -2.30. The predicted octanol–water partition coefficient (Wildman–Crippen LogP) is 4.25. The van der Waals surface area contributed by atoms with E-state index in [1.165, 1.54) is 16.8 Å². The maximum absolute atomic E-state index is 6.19. The number of anilines is 1. The molecule has 1 aromatic carbocycles. The Morgan fingerprint density at radius 2 is 1.88 bits per heavy atom. The number of hydrogen-bond acceptors (Lipinski definition) is 4. The van der Waals surface area contributed by atoms with Crippen LogP contribution >= 0.6 is 0 Å². The lowest BCUT2D eigenvalue weighted by Crippen LogP contribution is -2.41. The van der Waals surface area contributed by atoms with Crippen LogP contribution in [0.25, 0.3) is 0 Å². The van der Waals surface area contributed by atoms with Crippen LogP contribution in [0, 0.1) is 0 Å². The molecule has 0 bridgehead atoms. The lowest BCUT2D eigenvalue weighted by molar-refractivity contribution is -0.0895. The van der Waals surface area contributed by atoms with E-state index in [0.717, 1.165) is 25.1 Å². The van der Waals surface area contributed by atoms with E-state index in [4.69, 9.17) is 9.47 Å². The SMILES string of the molecule is CC1(C)OC(c2ccc3c(c2)CCN3Cc2cccnc2)OC1(C)C. The van der Waals surface area contributed by atoms with E-state index < -0.39 is 0 Å². The van der Waals surface area contributed by atoms with Crippen LogP contribution in [0.15, 0.2) is 42.7 Å². The van der Waals surface area contributed by atoms with Crippen molar-refractivity contribution in [3.8, 4) is 0 Å². The van der Waals surface area contributed by atoms with Gasteiger partial charge in [-0.1, -0.05) is 12.1 Å². The van der Waals surface area contributed by atoms with Gasteiger partial charge < -0.3 is 14.4 Å². The van der Waals surface area contributed by atoms with Crippen molar-refractivity contribution in [1.82, 2.24) is 4.98 Å². The average Bonchev–Trinajstić information content (AvgIpc) is 3.06. The first kappa shape index (κ1) is 16.6. The van der Waals surface area contributed by atoms with E-state index in [9.17, 15) is 0 Å². The van der Waals surface area contributed by atoms with Gasteiger partial charge in [0.2, 0.25) is 0 Å². The summed E-state index contributed by atoms with van der Waals surface area (Å²) < 4.78 is 12.4. The van der Waals surface area contributed by atoms with Crippen LogP contribution in [-0.2, 0) is 22.4 Å². The first-order valence-corrected chi connectivity index (χ1v) is 8.98. The summed E-state index contributed by atoms with van der Waals surface area (Å²) in [6, 6.07) is 10.7. The molecular formula is C21H26N2O2. The highest BCUT2D eigenvalue weighted by atomic mass is 16.7. The van der Waals surface area contributed by atoms with Gasteiger partial charge in [-0.2, -0.15) is 0 Å². The highest BCUT2D eigenvalue weighted by molar-refractivity contribution is 5.59. The third-order valence-electron chi connectivity index (χ3n) is 5.72. The Balaban J connectivity index is 1.54. The van der Waals surface area contributed by atoms with E-state index in [1.807, 2.05) is 18.5 Å². The Hall–Kier alpha value is -1.91. The van der Waals surface area contributed by atoms with Crippen molar-refractivity contribution >= 4 is 5.69 Å². The molecule has 1 saturated heterocycles. The second kappa shape index (κ2) is 5.82. The summed E-state index contributed by atoms with van der Waals surface area (Å²) in [6.07, 6.45) is 4.53. The zero-order valence-electron chi connectivity index (χ0n) is 15.5. The van der Waals surface area contributed by atoms with Crippen LogP contribution in [0.5, 0.6) is 0 Å². The fraction of sp³-hybridized carbons (Fsp3) is 0.476.